The minimum atomic E-state index is -0.770. The van der Waals surface area contributed by atoms with Gasteiger partial charge in [0.1, 0.15) is 5.75 Å². The quantitative estimate of drug-likeness (QED) is 0.493. The van der Waals surface area contributed by atoms with Crippen LogP contribution >= 0.6 is 11.6 Å². The van der Waals surface area contributed by atoms with Crippen molar-refractivity contribution in [3.05, 3.63) is 69.2 Å². The van der Waals surface area contributed by atoms with Crippen LogP contribution in [0.2, 0.25) is 5.02 Å². The Labute approximate surface area is 143 Å². The van der Waals surface area contributed by atoms with Gasteiger partial charge in [0.15, 0.2) is 6.10 Å². The fraction of sp³-hybridized carbons (Fsp3) is 0.125. The molecule has 0 saturated carbocycles. The van der Waals surface area contributed by atoms with Gasteiger partial charge < -0.3 is 4.74 Å². The first-order valence-corrected chi connectivity index (χ1v) is 7.33. The second-order valence-electron chi connectivity index (χ2n) is 4.80. The lowest BCUT2D eigenvalue weighted by molar-refractivity contribution is -0.384. The highest BCUT2D eigenvalue weighted by atomic mass is 35.5. The molecule has 2 rings (SSSR count). The summed E-state index contributed by atoms with van der Waals surface area (Å²) in [4.78, 5) is 22.1. The van der Waals surface area contributed by atoms with Gasteiger partial charge in [0.05, 0.1) is 11.1 Å². The highest BCUT2D eigenvalue weighted by Crippen LogP contribution is 2.16. The lowest BCUT2D eigenvalue weighted by atomic mass is 10.2. The van der Waals surface area contributed by atoms with Crippen LogP contribution < -0.4 is 10.2 Å². The average molecular weight is 348 g/mol. The minimum absolute atomic E-state index is 0.0512. The van der Waals surface area contributed by atoms with Crippen molar-refractivity contribution in [1.82, 2.24) is 5.43 Å². The summed E-state index contributed by atoms with van der Waals surface area (Å²) < 4.78 is 5.45. The minimum Gasteiger partial charge on any atom is -0.481 e. The van der Waals surface area contributed by atoms with E-state index < -0.39 is 16.9 Å². The number of non-ortho nitro benzene ring substituents is 1. The zero-order chi connectivity index (χ0) is 17.5. The van der Waals surface area contributed by atoms with E-state index in [0.29, 0.717) is 16.3 Å². The van der Waals surface area contributed by atoms with Crippen molar-refractivity contribution in [3.8, 4) is 5.75 Å². The Morgan fingerprint density at radius 2 is 2.04 bits per heavy atom. The number of nitro groups is 1. The molecule has 0 spiro atoms. The first kappa shape index (κ1) is 17.4. The van der Waals surface area contributed by atoms with E-state index in [0.717, 1.165) is 0 Å². The summed E-state index contributed by atoms with van der Waals surface area (Å²) in [6, 6.07) is 12.5. The number of nitro benzene ring substituents is 1. The molecule has 0 unspecified atom stereocenters. The highest BCUT2D eigenvalue weighted by molar-refractivity contribution is 6.30. The monoisotopic (exact) mass is 347 g/mol. The lowest BCUT2D eigenvalue weighted by Crippen LogP contribution is -2.33. The van der Waals surface area contributed by atoms with Crippen LogP contribution in [0.15, 0.2) is 53.6 Å². The van der Waals surface area contributed by atoms with E-state index >= 15 is 0 Å². The molecule has 124 valence electrons. The zero-order valence-corrected chi connectivity index (χ0v) is 13.4. The van der Waals surface area contributed by atoms with Crippen molar-refractivity contribution in [2.75, 3.05) is 0 Å². The number of hydrogen-bond acceptors (Lipinski definition) is 5. The third-order valence-electron chi connectivity index (χ3n) is 2.97. The van der Waals surface area contributed by atoms with Crippen molar-refractivity contribution >= 4 is 29.4 Å². The van der Waals surface area contributed by atoms with Crippen LogP contribution in [0.5, 0.6) is 5.75 Å². The molecule has 0 heterocycles. The van der Waals surface area contributed by atoms with Gasteiger partial charge >= 0.3 is 0 Å². The molecule has 0 aromatic heterocycles. The number of rotatable bonds is 6. The van der Waals surface area contributed by atoms with Crippen LogP contribution in [-0.4, -0.2) is 23.1 Å². The highest BCUT2D eigenvalue weighted by Gasteiger charge is 2.13. The molecule has 0 bridgehead atoms. The summed E-state index contributed by atoms with van der Waals surface area (Å²) in [6.07, 6.45) is 0.549. The average Bonchev–Trinajstić information content (AvgIpc) is 2.57. The van der Waals surface area contributed by atoms with E-state index in [1.165, 1.54) is 24.4 Å². The van der Waals surface area contributed by atoms with Gasteiger partial charge in [0.25, 0.3) is 11.6 Å². The Morgan fingerprint density at radius 3 is 2.71 bits per heavy atom. The van der Waals surface area contributed by atoms with E-state index in [-0.39, 0.29) is 5.69 Å². The molecule has 0 fully saturated rings. The molecule has 0 aliphatic carbocycles. The largest absolute Gasteiger partial charge is 0.481 e. The Balaban J connectivity index is 1.90. The molecule has 0 aliphatic rings. The number of carbonyl (C=O) groups excluding carboxylic acids is 1. The molecule has 7 nitrogen and oxygen atoms in total. The van der Waals surface area contributed by atoms with Gasteiger partial charge in [-0.1, -0.05) is 23.7 Å². The maximum Gasteiger partial charge on any atom is 0.280 e. The first-order valence-electron chi connectivity index (χ1n) is 6.95. The molecule has 0 saturated heterocycles. The summed E-state index contributed by atoms with van der Waals surface area (Å²) in [6.45, 7) is 1.58. The molecular formula is C16H14ClN3O4. The van der Waals surface area contributed by atoms with Gasteiger partial charge in [-0.3, -0.25) is 14.9 Å². The van der Waals surface area contributed by atoms with Gasteiger partial charge in [-0.25, -0.2) is 5.43 Å². The number of hydrazone groups is 1. The number of carbonyl (C=O) groups is 1. The fourth-order valence-electron chi connectivity index (χ4n) is 1.75. The number of nitrogens with one attached hydrogen (secondary N) is 1. The van der Waals surface area contributed by atoms with Gasteiger partial charge in [-0.15, -0.1) is 0 Å². The van der Waals surface area contributed by atoms with E-state index in [2.05, 4.69) is 10.5 Å². The number of amides is 1. The first-order chi connectivity index (χ1) is 11.5. The van der Waals surface area contributed by atoms with Gasteiger partial charge in [0, 0.05) is 22.7 Å². The molecule has 8 heteroatoms. The van der Waals surface area contributed by atoms with Crippen molar-refractivity contribution in [3.63, 3.8) is 0 Å². The predicted molar refractivity (Wildman–Crippen MR) is 90.4 cm³/mol. The Kier molecular flexibility index (Phi) is 5.86. The van der Waals surface area contributed by atoms with Crippen LogP contribution in [0.3, 0.4) is 0 Å². The summed E-state index contributed by atoms with van der Waals surface area (Å²) in [5.41, 5.74) is 2.77. The Bertz CT molecular complexity index is 762. The van der Waals surface area contributed by atoms with Crippen molar-refractivity contribution in [1.29, 1.82) is 0 Å². The second-order valence-corrected chi connectivity index (χ2v) is 5.24. The maximum absolute atomic E-state index is 11.9. The molecular weight excluding hydrogens is 334 g/mol. The van der Waals surface area contributed by atoms with Gasteiger partial charge in [-0.05, 0) is 31.2 Å². The Morgan fingerprint density at radius 1 is 1.33 bits per heavy atom. The maximum atomic E-state index is 11.9. The summed E-state index contributed by atoms with van der Waals surface area (Å²) in [7, 11) is 0. The molecule has 0 aliphatic heterocycles. The normalized spacial score (nSPS) is 11.9. The van der Waals surface area contributed by atoms with E-state index in [4.69, 9.17) is 16.3 Å². The molecule has 2 aromatic rings. The van der Waals surface area contributed by atoms with E-state index in [1.807, 2.05) is 0 Å². The van der Waals surface area contributed by atoms with E-state index in [1.54, 1.807) is 37.3 Å². The molecule has 1 N–H and O–H groups in total. The standard InChI is InChI=1S/C16H14ClN3O4/c1-11(24-15-7-5-13(17)6-8-15)16(21)19-18-10-12-3-2-4-14(9-12)20(22)23/h2-11H,1H3,(H,19,21)/t11-/m1/s1. The lowest BCUT2D eigenvalue weighted by Gasteiger charge is -2.12. The van der Waals surface area contributed by atoms with E-state index in [9.17, 15) is 14.9 Å². The summed E-state index contributed by atoms with van der Waals surface area (Å²) in [5, 5.41) is 15.0. The zero-order valence-electron chi connectivity index (χ0n) is 12.7. The van der Waals surface area contributed by atoms with Crippen molar-refractivity contribution < 1.29 is 14.5 Å². The van der Waals surface area contributed by atoms with Crippen LogP contribution in [0.1, 0.15) is 12.5 Å². The fourth-order valence-corrected chi connectivity index (χ4v) is 1.88. The molecule has 1 amide bonds. The predicted octanol–water partition coefficient (Wildman–Crippen LogP) is 3.17. The van der Waals surface area contributed by atoms with Crippen molar-refractivity contribution in [2.24, 2.45) is 5.10 Å². The topological polar surface area (TPSA) is 93.8 Å². The number of benzene rings is 2. The molecule has 24 heavy (non-hydrogen) atoms. The smallest absolute Gasteiger partial charge is 0.280 e. The number of nitrogens with zero attached hydrogens (tertiary/aromatic N) is 2. The number of halogens is 1. The molecule has 1 atom stereocenters. The van der Waals surface area contributed by atoms with Crippen LogP contribution in [-0.2, 0) is 4.79 Å². The SMILES string of the molecule is C[C@@H](Oc1ccc(Cl)cc1)C(=O)NN=Cc1cccc([N+](=O)[O-])c1. The van der Waals surface area contributed by atoms with Gasteiger partial charge in [-0.2, -0.15) is 5.10 Å². The molecule has 2 aromatic carbocycles. The van der Waals surface area contributed by atoms with Crippen LogP contribution in [0, 0.1) is 10.1 Å². The number of hydrogen-bond donors (Lipinski definition) is 1. The van der Waals surface area contributed by atoms with Crippen LogP contribution in [0.25, 0.3) is 0 Å². The van der Waals surface area contributed by atoms with Crippen molar-refractivity contribution in [2.45, 2.75) is 13.0 Å². The third-order valence-corrected chi connectivity index (χ3v) is 3.22. The summed E-state index contributed by atoms with van der Waals surface area (Å²) in [5.74, 6) is 0.0522. The summed E-state index contributed by atoms with van der Waals surface area (Å²) >= 11 is 5.77. The van der Waals surface area contributed by atoms with Crippen LogP contribution in [0.4, 0.5) is 5.69 Å². The molecule has 0 radical (unpaired) electrons. The second kappa shape index (κ2) is 8.07. The third kappa shape index (κ3) is 5.06. The van der Waals surface area contributed by atoms with Gasteiger partial charge in [0.2, 0.25) is 0 Å². The number of ether oxygens (including phenoxy) is 1. The Hall–Kier alpha value is -2.93.